The number of likely N-dealkylation sites (tertiary alicyclic amines) is 1. The van der Waals surface area contributed by atoms with Crippen LogP contribution in [0.4, 0.5) is 0 Å². The molecular formula is C14H20N2O. The van der Waals surface area contributed by atoms with Crippen molar-refractivity contribution in [3.05, 3.63) is 34.9 Å². The molecule has 0 radical (unpaired) electrons. The Morgan fingerprint density at radius 1 is 1.35 bits per heavy atom. The van der Waals surface area contributed by atoms with Crippen molar-refractivity contribution in [1.29, 1.82) is 0 Å². The predicted octanol–water partition coefficient (Wildman–Crippen LogP) is 1.92. The molecule has 2 N–H and O–H groups in total. The Balaban J connectivity index is 2.39. The van der Waals surface area contributed by atoms with Crippen LogP contribution in [0.1, 0.15) is 35.6 Å². The average Bonchev–Trinajstić information content (AvgIpc) is 2.27. The van der Waals surface area contributed by atoms with E-state index in [1.165, 1.54) is 16.7 Å². The van der Waals surface area contributed by atoms with Crippen LogP contribution in [0.25, 0.3) is 0 Å². The third-order valence-corrected chi connectivity index (χ3v) is 3.65. The van der Waals surface area contributed by atoms with Crippen LogP contribution in [0, 0.1) is 13.8 Å². The number of amides is 1. The highest BCUT2D eigenvalue weighted by Crippen LogP contribution is 2.31. The molecule has 3 nitrogen and oxygen atoms in total. The van der Waals surface area contributed by atoms with Crippen molar-refractivity contribution in [3.8, 4) is 0 Å². The SMILES string of the molecule is Cc1ccc(C2C(N)CCC(=O)N2C)c(C)c1. The Morgan fingerprint density at radius 2 is 2.06 bits per heavy atom. The highest BCUT2D eigenvalue weighted by atomic mass is 16.2. The molecule has 17 heavy (non-hydrogen) atoms. The number of nitrogens with zero attached hydrogens (tertiary/aromatic N) is 1. The van der Waals surface area contributed by atoms with Crippen molar-refractivity contribution in [1.82, 2.24) is 4.90 Å². The van der Waals surface area contributed by atoms with E-state index in [-0.39, 0.29) is 18.0 Å². The van der Waals surface area contributed by atoms with Gasteiger partial charge >= 0.3 is 0 Å². The molecule has 92 valence electrons. The van der Waals surface area contributed by atoms with Gasteiger partial charge in [0.15, 0.2) is 0 Å². The molecular weight excluding hydrogens is 212 g/mol. The van der Waals surface area contributed by atoms with E-state index >= 15 is 0 Å². The van der Waals surface area contributed by atoms with Gasteiger partial charge in [0.05, 0.1) is 6.04 Å². The molecule has 1 fully saturated rings. The number of rotatable bonds is 1. The van der Waals surface area contributed by atoms with Crippen molar-refractivity contribution in [2.75, 3.05) is 7.05 Å². The predicted molar refractivity (Wildman–Crippen MR) is 68.6 cm³/mol. The second-order valence-electron chi connectivity index (χ2n) is 5.01. The first-order valence-corrected chi connectivity index (χ1v) is 6.09. The van der Waals surface area contributed by atoms with Gasteiger partial charge in [0, 0.05) is 19.5 Å². The standard InChI is InChI=1S/C14H20N2O/c1-9-4-5-11(10(2)8-9)14-12(15)6-7-13(17)16(14)3/h4-5,8,12,14H,6-7,15H2,1-3H3. The van der Waals surface area contributed by atoms with Gasteiger partial charge in [-0.05, 0) is 31.4 Å². The maximum atomic E-state index is 11.8. The van der Waals surface area contributed by atoms with Crippen LogP contribution in [0.3, 0.4) is 0 Å². The van der Waals surface area contributed by atoms with Gasteiger partial charge in [-0.25, -0.2) is 0 Å². The molecule has 0 saturated carbocycles. The Bertz CT molecular complexity index is 442. The van der Waals surface area contributed by atoms with E-state index in [0.717, 1.165) is 6.42 Å². The molecule has 0 aliphatic carbocycles. The molecule has 0 aromatic heterocycles. The Morgan fingerprint density at radius 3 is 2.71 bits per heavy atom. The number of carbonyl (C=O) groups is 1. The second kappa shape index (κ2) is 4.49. The molecule has 1 heterocycles. The van der Waals surface area contributed by atoms with Crippen LogP contribution < -0.4 is 5.73 Å². The third-order valence-electron chi connectivity index (χ3n) is 3.65. The summed E-state index contributed by atoms with van der Waals surface area (Å²) >= 11 is 0. The van der Waals surface area contributed by atoms with Crippen LogP contribution in [0.2, 0.25) is 0 Å². The van der Waals surface area contributed by atoms with E-state index in [2.05, 4.69) is 32.0 Å². The van der Waals surface area contributed by atoms with Crippen molar-refractivity contribution in [3.63, 3.8) is 0 Å². The zero-order valence-corrected chi connectivity index (χ0v) is 10.7. The first-order chi connectivity index (χ1) is 8.00. The number of hydrogen-bond acceptors (Lipinski definition) is 2. The van der Waals surface area contributed by atoms with Gasteiger partial charge in [-0.1, -0.05) is 23.8 Å². The lowest BCUT2D eigenvalue weighted by Gasteiger charge is -2.38. The fourth-order valence-corrected chi connectivity index (χ4v) is 2.66. The molecule has 1 aliphatic rings. The first kappa shape index (κ1) is 12.1. The van der Waals surface area contributed by atoms with E-state index < -0.39 is 0 Å². The van der Waals surface area contributed by atoms with Gasteiger partial charge < -0.3 is 10.6 Å². The summed E-state index contributed by atoms with van der Waals surface area (Å²) in [5.74, 6) is 0.191. The Hall–Kier alpha value is -1.35. The van der Waals surface area contributed by atoms with Crippen LogP contribution in [0.5, 0.6) is 0 Å². The van der Waals surface area contributed by atoms with Crippen molar-refractivity contribution < 1.29 is 4.79 Å². The summed E-state index contributed by atoms with van der Waals surface area (Å²) in [5.41, 5.74) is 9.81. The summed E-state index contributed by atoms with van der Waals surface area (Å²) in [5, 5.41) is 0. The molecule has 2 unspecified atom stereocenters. The first-order valence-electron chi connectivity index (χ1n) is 6.09. The minimum atomic E-state index is 0.0249. The highest BCUT2D eigenvalue weighted by molar-refractivity contribution is 5.77. The van der Waals surface area contributed by atoms with Gasteiger partial charge in [0.1, 0.15) is 0 Å². The lowest BCUT2D eigenvalue weighted by molar-refractivity contribution is -0.135. The maximum absolute atomic E-state index is 11.8. The number of piperidine rings is 1. The van der Waals surface area contributed by atoms with Crippen molar-refractivity contribution in [2.24, 2.45) is 5.73 Å². The fraction of sp³-hybridized carbons (Fsp3) is 0.500. The van der Waals surface area contributed by atoms with Gasteiger partial charge in [-0.15, -0.1) is 0 Å². The van der Waals surface area contributed by atoms with E-state index in [4.69, 9.17) is 5.73 Å². The Labute approximate surface area is 103 Å². The van der Waals surface area contributed by atoms with Gasteiger partial charge in [0.2, 0.25) is 5.91 Å². The number of hydrogen-bond donors (Lipinski definition) is 1. The normalized spacial score (nSPS) is 25.2. The van der Waals surface area contributed by atoms with Crippen LogP contribution in [0.15, 0.2) is 18.2 Å². The summed E-state index contributed by atoms with van der Waals surface area (Å²) in [6.07, 6.45) is 1.35. The van der Waals surface area contributed by atoms with Gasteiger partial charge in [-0.3, -0.25) is 4.79 Å². The molecule has 1 saturated heterocycles. The number of likely N-dealkylation sites (N-methyl/N-ethyl adjacent to an activating group) is 1. The lowest BCUT2D eigenvalue weighted by Crippen LogP contribution is -2.47. The second-order valence-corrected chi connectivity index (χ2v) is 5.01. The van der Waals surface area contributed by atoms with Crippen LogP contribution >= 0.6 is 0 Å². The number of nitrogens with two attached hydrogens (primary N) is 1. The van der Waals surface area contributed by atoms with E-state index in [1.54, 1.807) is 4.90 Å². The average molecular weight is 232 g/mol. The molecule has 1 aromatic rings. The molecule has 2 rings (SSSR count). The molecule has 3 heteroatoms. The van der Waals surface area contributed by atoms with E-state index in [1.807, 2.05) is 7.05 Å². The molecule has 1 amide bonds. The molecule has 0 bridgehead atoms. The van der Waals surface area contributed by atoms with Crippen molar-refractivity contribution in [2.45, 2.75) is 38.8 Å². The highest BCUT2D eigenvalue weighted by Gasteiger charge is 2.32. The number of aryl methyl sites for hydroxylation is 2. The lowest BCUT2D eigenvalue weighted by atomic mass is 9.88. The third kappa shape index (κ3) is 2.20. The summed E-state index contributed by atoms with van der Waals surface area (Å²) in [6.45, 7) is 4.16. The fourth-order valence-electron chi connectivity index (χ4n) is 2.66. The summed E-state index contributed by atoms with van der Waals surface area (Å²) in [7, 11) is 1.85. The molecule has 1 aromatic carbocycles. The summed E-state index contributed by atoms with van der Waals surface area (Å²) in [6, 6.07) is 6.40. The maximum Gasteiger partial charge on any atom is 0.222 e. The topological polar surface area (TPSA) is 46.3 Å². The molecule has 1 aliphatic heterocycles. The summed E-state index contributed by atoms with van der Waals surface area (Å²) < 4.78 is 0. The van der Waals surface area contributed by atoms with Crippen LogP contribution in [-0.4, -0.2) is 23.9 Å². The molecule has 0 spiro atoms. The van der Waals surface area contributed by atoms with Gasteiger partial charge in [-0.2, -0.15) is 0 Å². The monoisotopic (exact) mass is 232 g/mol. The minimum Gasteiger partial charge on any atom is -0.337 e. The number of carbonyl (C=O) groups excluding carboxylic acids is 1. The van der Waals surface area contributed by atoms with Gasteiger partial charge in [0.25, 0.3) is 0 Å². The van der Waals surface area contributed by atoms with E-state index in [0.29, 0.717) is 6.42 Å². The quantitative estimate of drug-likeness (QED) is 0.804. The molecule has 2 atom stereocenters. The number of benzene rings is 1. The smallest absolute Gasteiger partial charge is 0.222 e. The minimum absolute atomic E-state index is 0.0249. The zero-order valence-electron chi connectivity index (χ0n) is 10.7. The summed E-state index contributed by atoms with van der Waals surface area (Å²) in [4.78, 5) is 13.6. The van der Waals surface area contributed by atoms with E-state index in [9.17, 15) is 4.79 Å². The Kier molecular flexibility index (Phi) is 3.20. The largest absolute Gasteiger partial charge is 0.337 e. The zero-order chi connectivity index (χ0) is 12.6. The van der Waals surface area contributed by atoms with Crippen LogP contribution in [-0.2, 0) is 4.79 Å². The van der Waals surface area contributed by atoms with Crippen molar-refractivity contribution >= 4 is 5.91 Å².